The van der Waals surface area contributed by atoms with Crippen LogP contribution < -0.4 is 5.32 Å². The van der Waals surface area contributed by atoms with Crippen LogP contribution >= 0.6 is 0 Å². The van der Waals surface area contributed by atoms with Gasteiger partial charge in [-0.15, -0.1) is 0 Å². The molecule has 2 nitrogen and oxygen atoms in total. The zero-order chi connectivity index (χ0) is 7.82. The molecule has 0 aliphatic heterocycles. The maximum Gasteiger partial charge on any atom is 0.309 e. The lowest BCUT2D eigenvalue weighted by atomic mass is 10.0. The van der Waals surface area contributed by atoms with Crippen molar-refractivity contribution in [2.45, 2.75) is 33.1 Å². The van der Waals surface area contributed by atoms with Crippen LogP contribution in [0.4, 0.5) is 0 Å². The minimum absolute atomic E-state index is 0.772. The van der Waals surface area contributed by atoms with Crippen LogP contribution in [0.2, 0.25) is 0 Å². The third-order valence-corrected chi connectivity index (χ3v) is 1.77. The minimum Gasteiger partial charge on any atom is -0.348 e. The Morgan fingerprint density at radius 1 is 1.60 bits per heavy atom. The van der Waals surface area contributed by atoms with Gasteiger partial charge in [0.25, 0.3) is 0 Å². The summed E-state index contributed by atoms with van der Waals surface area (Å²) in [6, 6.07) is 0. The van der Waals surface area contributed by atoms with Crippen molar-refractivity contribution < 1.29 is 4.79 Å². The smallest absolute Gasteiger partial charge is 0.309 e. The Bertz CT molecular complexity index is 83.3. The van der Waals surface area contributed by atoms with Gasteiger partial charge in [-0.2, -0.15) is 0 Å². The molecular weight excluding hydrogens is 126 g/mol. The number of amides is 1. The fraction of sp³-hybridized carbons (Fsp3) is 0.875. The van der Waals surface area contributed by atoms with Gasteiger partial charge >= 0.3 is 6.41 Å². The van der Waals surface area contributed by atoms with Gasteiger partial charge in [0, 0.05) is 6.54 Å². The number of nitrogens with one attached hydrogen (secondary N) is 1. The molecule has 10 heavy (non-hydrogen) atoms. The Morgan fingerprint density at radius 3 is 2.80 bits per heavy atom. The summed E-state index contributed by atoms with van der Waals surface area (Å²) in [5.41, 5.74) is 0. The standard InChI is InChI=1S/C8H16NO/c1-3-8(2)5-4-6-9-7-10/h8H,3-6H2,1-2H3,(H,9,10). The van der Waals surface area contributed by atoms with Gasteiger partial charge in [-0.05, 0) is 18.8 Å². The van der Waals surface area contributed by atoms with E-state index >= 15 is 0 Å². The molecule has 0 aromatic heterocycles. The molecule has 0 aliphatic carbocycles. The second-order valence-corrected chi connectivity index (χ2v) is 2.68. The first-order valence-corrected chi connectivity index (χ1v) is 3.91. The van der Waals surface area contributed by atoms with Gasteiger partial charge in [0.05, 0.1) is 0 Å². The second-order valence-electron chi connectivity index (χ2n) is 2.68. The van der Waals surface area contributed by atoms with Crippen molar-refractivity contribution >= 4 is 6.41 Å². The summed E-state index contributed by atoms with van der Waals surface area (Å²) in [7, 11) is 0. The molecular formula is C8H16NO. The van der Waals surface area contributed by atoms with E-state index in [1.165, 1.54) is 12.8 Å². The quantitative estimate of drug-likeness (QED) is 0.441. The highest BCUT2D eigenvalue weighted by Crippen LogP contribution is 2.07. The Morgan fingerprint density at radius 2 is 2.30 bits per heavy atom. The zero-order valence-electron chi connectivity index (χ0n) is 6.81. The van der Waals surface area contributed by atoms with Gasteiger partial charge in [0.15, 0.2) is 0 Å². The van der Waals surface area contributed by atoms with E-state index in [1.54, 1.807) is 6.41 Å². The monoisotopic (exact) mass is 142 g/mol. The fourth-order valence-corrected chi connectivity index (χ4v) is 0.794. The molecule has 0 saturated carbocycles. The first-order chi connectivity index (χ1) is 4.81. The van der Waals surface area contributed by atoms with E-state index in [4.69, 9.17) is 0 Å². The van der Waals surface area contributed by atoms with Crippen molar-refractivity contribution in [1.29, 1.82) is 0 Å². The molecule has 0 heterocycles. The van der Waals surface area contributed by atoms with E-state index in [1.807, 2.05) is 0 Å². The molecule has 0 rings (SSSR count). The van der Waals surface area contributed by atoms with Gasteiger partial charge in [-0.3, -0.25) is 4.79 Å². The maximum absolute atomic E-state index is 9.68. The molecule has 1 atom stereocenters. The number of rotatable bonds is 6. The molecule has 1 N–H and O–H groups in total. The van der Waals surface area contributed by atoms with Gasteiger partial charge in [0.1, 0.15) is 0 Å². The highest BCUT2D eigenvalue weighted by atomic mass is 16.1. The molecule has 0 aromatic rings. The Hall–Kier alpha value is -0.530. The lowest BCUT2D eigenvalue weighted by Crippen LogP contribution is -2.12. The molecule has 59 valence electrons. The topological polar surface area (TPSA) is 29.1 Å². The first kappa shape index (κ1) is 9.47. The predicted octanol–water partition coefficient (Wildman–Crippen LogP) is 1.47. The Kier molecular flexibility index (Phi) is 6.24. The molecule has 1 amide bonds. The molecule has 0 fully saturated rings. The van der Waals surface area contributed by atoms with Crippen LogP contribution in [0.15, 0.2) is 0 Å². The molecule has 0 saturated heterocycles. The summed E-state index contributed by atoms with van der Waals surface area (Å²) in [6.07, 6.45) is 5.16. The van der Waals surface area contributed by atoms with E-state index in [-0.39, 0.29) is 0 Å². The molecule has 0 spiro atoms. The highest BCUT2D eigenvalue weighted by molar-refractivity contribution is 5.46. The zero-order valence-corrected chi connectivity index (χ0v) is 6.81. The van der Waals surface area contributed by atoms with Crippen LogP contribution in [0.25, 0.3) is 0 Å². The van der Waals surface area contributed by atoms with Gasteiger partial charge in [-0.25, -0.2) is 0 Å². The van der Waals surface area contributed by atoms with Crippen LogP contribution in [0, 0.1) is 5.92 Å². The Balaban J connectivity index is 2.95. The molecule has 0 aliphatic rings. The van der Waals surface area contributed by atoms with Gasteiger partial charge in [0.2, 0.25) is 0 Å². The van der Waals surface area contributed by atoms with Crippen LogP contribution in [0.5, 0.6) is 0 Å². The van der Waals surface area contributed by atoms with E-state index in [2.05, 4.69) is 19.2 Å². The SMILES string of the molecule is CCC(C)CCCN[C]=O. The van der Waals surface area contributed by atoms with Crippen molar-refractivity contribution in [3.63, 3.8) is 0 Å². The summed E-state index contributed by atoms with van der Waals surface area (Å²) in [4.78, 5) is 9.68. The molecule has 2 heteroatoms. The van der Waals surface area contributed by atoms with E-state index in [0.29, 0.717) is 0 Å². The van der Waals surface area contributed by atoms with E-state index in [9.17, 15) is 4.79 Å². The van der Waals surface area contributed by atoms with Crippen molar-refractivity contribution in [2.75, 3.05) is 6.54 Å². The maximum atomic E-state index is 9.68. The third-order valence-electron chi connectivity index (χ3n) is 1.77. The number of hydrogen-bond acceptors (Lipinski definition) is 1. The number of carbonyl (C=O) groups excluding carboxylic acids is 1. The van der Waals surface area contributed by atoms with Crippen molar-refractivity contribution in [1.82, 2.24) is 5.32 Å². The van der Waals surface area contributed by atoms with Crippen molar-refractivity contribution in [3.8, 4) is 0 Å². The summed E-state index contributed by atoms with van der Waals surface area (Å²) in [5.74, 6) is 0.786. The fourth-order valence-electron chi connectivity index (χ4n) is 0.794. The van der Waals surface area contributed by atoms with Crippen LogP contribution in [-0.4, -0.2) is 13.0 Å². The average molecular weight is 142 g/mol. The minimum atomic E-state index is 0.772. The lowest BCUT2D eigenvalue weighted by molar-refractivity contribution is 0.487. The van der Waals surface area contributed by atoms with E-state index in [0.717, 1.165) is 18.9 Å². The molecule has 1 radical (unpaired) electrons. The molecule has 0 bridgehead atoms. The summed E-state index contributed by atoms with van der Waals surface area (Å²) >= 11 is 0. The summed E-state index contributed by atoms with van der Waals surface area (Å²) in [5, 5.41) is 2.52. The highest BCUT2D eigenvalue weighted by Gasteiger charge is 1.96. The van der Waals surface area contributed by atoms with Crippen LogP contribution in [0.1, 0.15) is 33.1 Å². The largest absolute Gasteiger partial charge is 0.348 e. The summed E-state index contributed by atoms with van der Waals surface area (Å²) in [6.45, 7) is 5.18. The second kappa shape index (κ2) is 6.59. The third kappa shape index (κ3) is 5.60. The normalized spacial score (nSPS) is 12.6. The molecule has 0 aromatic carbocycles. The number of hydrogen-bond donors (Lipinski definition) is 1. The van der Waals surface area contributed by atoms with Crippen LogP contribution in [0.3, 0.4) is 0 Å². The van der Waals surface area contributed by atoms with Gasteiger partial charge < -0.3 is 5.32 Å². The predicted molar refractivity (Wildman–Crippen MR) is 42.4 cm³/mol. The summed E-state index contributed by atoms with van der Waals surface area (Å²) < 4.78 is 0. The van der Waals surface area contributed by atoms with Crippen LogP contribution in [-0.2, 0) is 4.79 Å². The average Bonchev–Trinajstić information content (AvgIpc) is 1.98. The Labute approximate surface area is 63.0 Å². The first-order valence-electron chi connectivity index (χ1n) is 3.91. The lowest BCUT2D eigenvalue weighted by Gasteiger charge is -2.05. The van der Waals surface area contributed by atoms with E-state index < -0.39 is 0 Å². The van der Waals surface area contributed by atoms with Crippen molar-refractivity contribution in [3.05, 3.63) is 0 Å². The van der Waals surface area contributed by atoms with Crippen molar-refractivity contribution in [2.24, 2.45) is 5.92 Å². The molecule has 1 unspecified atom stereocenters. The van der Waals surface area contributed by atoms with Gasteiger partial charge in [-0.1, -0.05) is 20.3 Å².